The standard InChI is InChI=1S/C17H26N4O2/c1-14-12-18-4-3-16(14)20-6-2-7-21(9-8-20)17(22)11-15-13-19-5-10-23-15/h3-4,12,15,19H,2,5-11,13H2,1H3/t15-/m1/s1. The predicted octanol–water partition coefficient (Wildman–Crippen LogP) is 0.807. The zero-order valence-corrected chi connectivity index (χ0v) is 13.8. The highest BCUT2D eigenvalue weighted by Gasteiger charge is 2.24. The van der Waals surface area contributed by atoms with E-state index in [4.69, 9.17) is 4.74 Å². The normalized spacial score (nSPS) is 22.7. The fraction of sp³-hybridized carbons (Fsp3) is 0.647. The number of carbonyl (C=O) groups is 1. The summed E-state index contributed by atoms with van der Waals surface area (Å²) >= 11 is 0. The maximum absolute atomic E-state index is 12.5. The number of amides is 1. The summed E-state index contributed by atoms with van der Waals surface area (Å²) < 4.78 is 5.65. The Balaban J connectivity index is 1.55. The molecule has 6 heteroatoms. The van der Waals surface area contributed by atoms with Gasteiger partial charge in [-0.05, 0) is 25.0 Å². The molecule has 0 spiro atoms. The minimum atomic E-state index is 0.0260. The third kappa shape index (κ3) is 4.20. The van der Waals surface area contributed by atoms with Crippen molar-refractivity contribution in [2.24, 2.45) is 0 Å². The van der Waals surface area contributed by atoms with Gasteiger partial charge >= 0.3 is 0 Å². The number of anilines is 1. The van der Waals surface area contributed by atoms with Gasteiger partial charge in [-0.15, -0.1) is 0 Å². The number of pyridine rings is 1. The molecule has 0 unspecified atom stereocenters. The van der Waals surface area contributed by atoms with Crippen LogP contribution in [0.1, 0.15) is 18.4 Å². The van der Waals surface area contributed by atoms with E-state index < -0.39 is 0 Å². The third-order valence-corrected chi connectivity index (χ3v) is 4.59. The third-order valence-electron chi connectivity index (χ3n) is 4.59. The summed E-state index contributed by atoms with van der Waals surface area (Å²) in [6.45, 7) is 7.92. The number of nitrogens with one attached hydrogen (secondary N) is 1. The molecule has 1 aromatic heterocycles. The summed E-state index contributed by atoms with van der Waals surface area (Å²) in [6.07, 6.45) is 5.25. The second kappa shape index (κ2) is 7.75. The van der Waals surface area contributed by atoms with Gasteiger partial charge in [0, 0.05) is 57.3 Å². The van der Waals surface area contributed by atoms with Crippen molar-refractivity contribution in [1.29, 1.82) is 0 Å². The summed E-state index contributed by atoms with van der Waals surface area (Å²) in [6, 6.07) is 2.06. The molecule has 1 amide bonds. The lowest BCUT2D eigenvalue weighted by molar-refractivity contribution is -0.134. The molecular formula is C17H26N4O2. The smallest absolute Gasteiger partial charge is 0.225 e. The van der Waals surface area contributed by atoms with Crippen molar-refractivity contribution in [1.82, 2.24) is 15.2 Å². The monoisotopic (exact) mass is 318 g/mol. The van der Waals surface area contributed by atoms with Gasteiger partial charge in [0.2, 0.25) is 5.91 Å². The highest BCUT2D eigenvalue weighted by atomic mass is 16.5. The molecule has 2 fully saturated rings. The van der Waals surface area contributed by atoms with Crippen LogP contribution in [-0.4, -0.2) is 67.8 Å². The Kier molecular flexibility index (Phi) is 5.46. The zero-order chi connectivity index (χ0) is 16.1. The molecule has 1 aromatic rings. The molecule has 2 aliphatic heterocycles. The summed E-state index contributed by atoms with van der Waals surface area (Å²) in [4.78, 5) is 21.0. The van der Waals surface area contributed by atoms with E-state index in [2.05, 4.69) is 28.2 Å². The summed E-state index contributed by atoms with van der Waals surface area (Å²) in [7, 11) is 0. The first-order valence-corrected chi connectivity index (χ1v) is 8.49. The molecular weight excluding hydrogens is 292 g/mol. The van der Waals surface area contributed by atoms with Gasteiger partial charge in [0.25, 0.3) is 0 Å². The molecule has 0 aromatic carbocycles. The Morgan fingerprint density at radius 3 is 3.09 bits per heavy atom. The summed E-state index contributed by atoms with van der Waals surface area (Å²) in [5, 5.41) is 3.28. The zero-order valence-electron chi connectivity index (χ0n) is 13.8. The van der Waals surface area contributed by atoms with Crippen molar-refractivity contribution < 1.29 is 9.53 Å². The van der Waals surface area contributed by atoms with Crippen LogP contribution in [0.4, 0.5) is 5.69 Å². The highest BCUT2D eigenvalue weighted by Crippen LogP contribution is 2.20. The van der Waals surface area contributed by atoms with Crippen molar-refractivity contribution in [3.05, 3.63) is 24.0 Å². The van der Waals surface area contributed by atoms with Crippen molar-refractivity contribution in [2.75, 3.05) is 50.8 Å². The van der Waals surface area contributed by atoms with Crippen molar-refractivity contribution >= 4 is 11.6 Å². The molecule has 1 N–H and O–H groups in total. The minimum absolute atomic E-state index is 0.0260. The molecule has 0 aliphatic carbocycles. The number of nitrogens with zero attached hydrogens (tertiary/aromatic N) is 3. The van der Waals surface area contributed by atoms with Gasteiger partial charge in [-0.25, -0.2) is 0 Å². The first-order valence-electron chi connectivity index (χ1n) is 8.49. The van der Waals surface area contributed by atoms with E-state index in [-0.39, 0.29) is 12.0 Å². The highest BCUT2D eigenvalue weighted by molar-refractivity contribution is 5.77. The van der Waals surface area contributed by atoms with E-state index in [1.165, 1.54) is 11.3 Å². The quantitative estimate of drug-likeness (QED) is 0.894. The fourth-order valence-electron chi connectivity index (χ4n) is 3.30. The average Bonchev–Trinajstić information content (AvgIpc) is 2.82. The van der Waals surface area contributed by atoms with Gasteiger partial charge in [0.05, 0.1) is 19.1 Å². The molecule has 0 saturated carbocycles. The molecule has 23 heavy (non-hydrogen) atoms. The van der Waals surface area contributed by atoms with E-state index in [1.807, 2.05) is 17.3 Å². The Morgan fingerprint density at radius 2 is 2.30 bits per heavy atom. The number of hydrogen-bond donors (Lipinski definition) is 1. The van der Waals surface area contributed by atoms with Gasteiger partial charge in [0.1, 0.15) is 0 Å². The molecule has 0 radical (unpaired) electrons. The lowest BCUT2D eigenvalue weighted by atomic mass is 10.2. The van der Waals surface area contributed by atoms with Gasteiger partial charge in [-0.3, -0.25) is 9.78 Å². The van der Waals surface area contributed by atoms with Crippen LogP contribution < -0.4 is 10.2 Å². The average molecular weight is 318 g/mol. The molecule has 3 heterocycles. The van der Waals surface area contributed by atoms with Gasteiger partial charge < -0.3 is 19.9 Å². The van der Waals surface area contributed by atoms with Crippen molar-refractivity contribution in [3.63, 3.8) is 0 Å². The second-order valence-corrected chi connectivity index (χ2v) is 6.28. The van der Waals surface area contributed by atoms with Crippen molar-refractivity contribution in [2.45, 2.75) is 25.9 Å². The van der Waals surface area contributed by atoms with E-state index in [0.29, 0.717) is 13.0 Å². The first kappa shape index (κ1) is 16.2. The van der Waals surface area contributed by atoms with E-state index in [9.17, 15) is 4.79 Å². The number of ether oxygens (including phenoxy) is 1. The minimum Gasteiger partial charge on any atom is -0.375 e. The molecule has 3 rings (SSSR count). The van der Waals surface area contributed by atoms with Gasteiger partial charge in [0.15, 0.2) is 0 Å². The van der Waals surface area contributed by atoms with Crippen LogP contribution in [0.15, 0.2) is 18.5 Å². The number of aromatic nitrogens is 1. The Labute approximate surface area is 137 Å². The number of rotatable bonds is 3. The summed E-state index contributed by atoms with van der Waals surface area (Å²) in [5.41, 5.74) is 2.42. The Hall–Kier alpha value is -1.66. The second-order valence-electron chi connectivity index (χ2n) is 6.28. The molecule has 0 bridgehead atoms. The maximum atomic E-state index is 12.5. The maximum Gasteiger partial charge on any atom is 0.225 e. The molecule has 6 nitrogen and oxygen atoms in total. The largest absolute Gasteiger partial charge is 0.375 e. The topological polar surface area (TPSA) is 57.7 Å². The Bertz CT molecular complexity index is 531. The van der Waals surface area contributed by atoms with Crippen LogP contribution in [0.5, 0.6) is 0 Å². The molecule has 2 aliphatic rings. The summed E-state index contributed by atoms with van der Waals surface area (Å²) in [5.74, 6) is 0.215. The molecule has 126 valence electrons. The number of carbonyl (C=O) groups excluding carboxylic acids is 1. The number of hydrogen-bond acceptors (Lipinski definition) is 5. The van der Waals surface area contributed by atoms with E-state index in [1.54, 1.807) is 0 Å². The van der Waals surface area contributed by atoms with Crippen LogP contribution in [-0.2, 0) is 9.53 Å². The van der Waals surface area contributed by atoms with Gasteiger partial charge in [-0.2, -0.15) is 0 Å². The van der Waals surface area contributed by atoms with Gasteiger partial charge in [-0.1, -0.05) is 0 Å². The van der Waals surface area contributed by atoms with E-state index in [0.717, 1.165) is 45.7 Å². The Morgan fingerprint density at radius 1 is 1.39 bits per heavy atom. The van der Waals surface area contributed by atoms with Crippen LogP contribution in [0.3, 0.4) is 0 Å². The number of aryl methyl sites for hydroxylation is 1. The van der Waals surface area contributed by atoms with Crippen LogP contribution in [0.25, 0.3) is 0 Å². The number of morpholine rings is 1. The molecule has 2 saturated heterocycles. The fourth-order valence-corrected chi connectivity index (χ4v) is 3.30. The SMILES string of the molecule is Cc1cnccc1N1CCCN(C(=O)C[C@@H]2CNCCO2)CC1. The van der Waals surface area contributed by atoms with Crippen molar-refractivity contribution in [3.8, 4) is 0 Å². The lowest BCUT2D eigenvalue weighted by Crippen LogP contribution is -2.43. The predicted molar refractivity (Wildman–Crippen MR) is 89.6 cm³/mol. The first-order chi connectivity index (χ1) is 11.2. The molecule has 1 atom stereocenters. The van der Waals surface area contributed by atoms with Crippen LogP contribution in [0.2, 0.25) is 0 Å². The van der Waals surface area contributed by atoms with Crippen LogP contribution >= 0.6 is 0 Å². The van der Waals surface area contributed by atoms with E-state index >= 15 is 0 Å². The lowest BCUT2D eigenvalue weighted by Gasteiger charge is -2.27. The van der Waals surface area contributed by atoms with Crippen LogP contribution in [0, 0.1) is 6.92 Å².